The van der Waals surface area contributed by atoms with Crippen LogP contribution in [0.3, 0.4) is 0 Å². The molecule has 14 heavy (non-hydrogen) atoms. The summed E-state index contributed by atoms with van der Waals surface area (Å²) in [6.45, 7) is 8.52. The average Bonchev–Trinajstić information content (AvgIpc) is 2.73. The summed E-state index contributed by atoms with van der Waals surface area (Å²) >= 11 is 0. The normalized spacial score (nSPS) is 32.9. The van der Waals surface area contributed by atoms with Crippen molar-refractivity contribution in [1.29, 1.82) is 0 Å². The van der Waals surface area contributed by atoms with Crippen molar-refractivity contribution in [3.8, 4) is 0 Å². The van der Waals surface area contributed by atoms with E-state index >= 15 is 0 Å². The highest BCUT2D eigenvalue weighted by Crippen LogP contribution is 2.27. The highest BCUT2D eigenvalue weighted by molar-refractivity contribution is 5.83. The molecule has 3 nitrogen and oxygen atoms in total. The minimum atomic E-state index is 0.223. The van der Waals surface area contributed by atoms with E-state index in [1.165, 1.54) is 12.8 Å². The van der Waals surface area contributed by atoms with Gasteiger partial charge in [-0.2, -0.15) is 0 Å². The van der Waals surface area contributed by atoms with E-state index < -0.39 is 0 Å². The number of nitrogens with one attached hydrogen (secondary N) is 1. The second-order valence-electron chi connectivity index (χ2n) is 5.31. The van der Waals surface area contributed by atoms with Crippen LogP contribution in [-0.4, -0.2) is 31.1 Å². The van der Waals surface area contributed by atoms with Gasteiger partial charge < -0.3 is 10.1 Å². The first-order valence-electron chi connectivity index (χ1n) is 5.51. The summed E-state index contributed by atoms with van der Waals surface area (Å²) in [6, 6.07) is 0.724. The van der Waals surface area contributed by atoms with E-state index in [0.717, 1.165) is 19.0 Å². The minimum Gasteiger partial charge on any atom is -0.478 e. The van der Waals surface area contributed by atoms with Gasteiger partial charge in [-0.15, -0.1) is 0 Å². The zero-order valence-corrected chi connectivity index (χ0v) is 9.34. The second-order valence-corrected chi connectivity index (χ2v) is 5.31. The monoisotopic (exact) mass is 196 g/mol. The van der Waals surface area contributed by atoms with Gasteiger partial charge in [0.25, 0.3) is 0 Å². The molecule has 3 heteroatoms. The fourth-order valence-corrected chi connectivity index (χ4v) is 1.92. The van der Waals surface area contributed by atoms with Crippen molar-refractivity contribution in [3.63, 3.8) is 0 Å². The lowest BCUT2D eigenvalue weighted by Crippen LogP contribution is -2.30. The maximum atomic E-state index is 5.66. The molecular weight excluding hydrogens is 176 g/mol. The summed E-state index contributed by atoms with van der Waals surface area (Å²) in [4.78, 5) is 4.67. The fraction of sp³-hybridized carbons (Fsp3) is 0.909. The summed E-state index contributed by atoms with van der Waals surface area (Å²) in [6.07, 6.45) is 2.42. The van der Waals surface area contributed by atoms with Gasteiger partial charge in [0.05, 0.1) is 12.1 Å². The molecule has 2 aliphatic heterocycles. The van der Waals surface area contributed by atoms with E-state index in [1.807, 2.05) is 0 Å². The van der Waals surface area contributed by atoms with Crippen LogP contribution in [0.25, 0.3) is 0 Å². The van der Waals surface area contributed by atoms with Crippen molar-refractivity contribution in [1.82, 2.24) is 5.32 Å². The van der Waals surface area contributed by atoms with Gasteiger partial charge in [-0.3, -0.25) is 0 Å². The smallest absolute Gasteiger partial charge is 0.201 e. The Morgan fingerprint density at radius 2 is 2.21 bits per heavy atom. The molecule has 0 radical (unpaired) electrons. The first kappa shape index (κ1) is 9.97. The molecule has 0 aromatic rings. The van der Waals surface area contributed by atoms with Crippen molar-refractivity contribution in [2.45, 2.75) is 45.7 Å². The lowest BCUT2D eigenvalue weighted by molar-refractivity contribution is 0.231. The molecule has 0 saturated carbocycles. The quantitative estimate of drug-likeness (QED) is 0.691. The van der Waals surface area contributed by atoms with Crippen molar-refractivity contribution in [2.24, 2.45) is 10.4 Å². The third kappa shape index (κ3) is 1.92. The summed E-state index contributed by atoms with van der Waals surface area (Å²) in [7, 11) is 0. The van der Waals surface area contributed by atoms with Crippen molar-refractivity contribution < 1.29 is 4.74 Å². The van der Waals surface area contributed by atoms with Crippen LogP contribution < -0.4 is 5.32 Å². The Kier molecular flexibility index (Phi) is 2.52. The first-order valence-corrected chi connectivity index (χ1v) is 5.51. The Hall–Kier alpha value is -0.570. The van der Waals surface area contributed by atoms with Gasteiger partial charge in [0.1, 0.15) is 6.61 Å². The molecule has 0 aromatic carbocycles. The molecule has 0 amide bonds. The molecule has 0 aliphatic carbocycles. The summed E-state index contributed by atoms with van der Waals surface area (Å²) in [5.41, 5.74) is 0.223. The average molecular weight is 196 g/mol. The standard InChI is InChI=1S/C11H20N2O/c1-11(2,3)9-7-14-10(13-9)8-5-4-6-12-8/h8-9,12H,4-7H2,1-3H3. The zero-order chi connectivity index (χ0) is 10.2. The van der Waals surface area contributed by atoms with Gasteiger partial charge in [0.2, 0.25) is 5.90 Å². The molecule has 2 atom stereocenters. The maximum Gasteiger partial charge on any atom is 0.201 e. The van der Waals surface area contributed by atoms with Crippen LogP contribution >= 0.6 is 0 Å². The number of aliphatic imine (C=N–C) groups is 1. The van der Waals surface area contributed by atoms with Gasteiger partial charge in [0.15, 0.2) is 0 Å². The van der Waals surface area contributed by atoms with Crippen LogP contribution in [-0.2, 0) is 4.74 Å². The second kappa shape index (κ2) is 3.54. The van der Waals surface area contributed by atoms with E-state index in [2.05, 4.69) is 31.1 Å². The van der Waals surface area contributed by atoms with E-state index in [4.69, 9.17) is 4.74 Å². The van der Waals surface area contributed by atoms with Gasteiger partial charge in [-0.25, -0.2) is 4.99 Å². The fourth-order valence-electron chi connectivity index (χ4n) is 1.92. The summed E-state index contributed by atoms with van der Waals surface area (Å²) < 4.78 is 5.66. The third-order valence-electron chi connectivity index (χ3n) is 3.03. The third-order valence-corrected chi connectivity index (χ3v) is 3.03. The van der Waals surface area contributed by atoms with E-state index in [-0.39, 0.29) is 5.41 Å². The molecule has 2 heterocycles. The lowest BCUT2D eigenvalue weighted by atomic mass is 9.88. The molecule has 80 valence electrons. The Morgan fingerprint density at radius 3 is 2.71 bits per heavy atom. The molecule has 2 unspecified atom stereocenters. The van der Waals surface area contributed by atoms with E-state index in [9.17, 15) is 0 Å². The Labute approximate surface area is 85.9 Å². The minimum absolute atomic E-state index is 0.223. The highest BCUT2D eigenvalue weighted by atomic mass is 16.5. The molecular formula is C11H20N2O. The lowest BCUT2D eigenvalue weighted by Gasteiger charge is -2.21. The summed E-state index contributed by atoms with van der Waals surface area (Å²) in [5.74, 6) is 0.947. The van der Waals surface area contributed by atoms with E-state index in [1.54, 1.807) is 0 Å². The molecule has 0 aromatic heterocycles. The molecule has 2 rings (SSSR count). The molecule has 1 saturated heterocycles. The number of rotatable bonds is 1. The van der Waals surface area contributed by atoms with Gasteiger partial charge >= 0.3 is 0 Å². The van der Waals surface area contributed by atoms with Crippen LogP contribution in [0.2, 0.25) is 0 Å². The highest BCUT2D eigenvalue weighted by Gasteiger charge is 2.33. The van der Waals surface area contributed by atoms with Crippen molar-refractivity contribution in [2.75, 3.05) is 13.2 Å². The molecule has 0 spiro atoms. The van der Waals surface area contributed by atoms with Crippen LogP contribution in [0.15, 0.2) is 4.99 Å². The van der Waals surface area contributed by atoms with E-state index in [0.29, 0.717) is 12.1 Å². The van der Waals surface area contributed by atoms with Gasteiger partial charge in [0, 0.05) is 0 Å². The predicted molar refractivity (Wildman–Crippen MR) is 57.7 cm³/mol. The molecule has 2 aliphatic rings. The Balaban J connectivity index is 2.01. The van der Waals surface area contributed by atoms with Gasteiger partial charge in [-0.05, 0) is 24.8 Å². The maximum absolute atomic E-state index is 5.66. The van der Waals surface area contributed by atoms with Crippen LogP contribution in [0.5, 0.6) is 0 Å². The first-order chi connectivity index (χ1) is 6.57. The number of hydrogen-bond donors (Lipinski definition) is 1. The number of nitrogens with zero attached hydrogens (tertiary/aromatic N) is 1. The van der Waals surface area contributed by atoms with Crippen molar-refractivity contribution >= 4 is 5.90 Å². The number of ether oxygens (including phenoxy) is 1. The van der Waals surface area contributed by atoms with Crippen LogP contribution in [0.1, 0.15) is 33.6 Å². The molecule has 1 N–H and O–H groups in total. The number of hydrogen-bond acceptors (Lipinski definition) is 3. The Morgan fingerprint density at radius 1 is 1.43 bits per heavy atom. The van der Waals surface area contributed by atoms with Crippen molar-refractivity contribution in [3.05, 3.63) is 0 Å². The summed E-state index contributed by atoms with van der Waals surface area (Å²) in [5, 5.41) is 3.41. The predicted octanol–water partition coefficient (Wildman–Crippen LogP) is 1.58. The largest absolute Gasteiger partial charge is 0.478 e. The zero-order valence-electron chi connectivity index (χ0n) is 9.34. The topological polar surface area (TPSA) is 33.6 Å². The molecule has 1 fully saturated rings. The van der Waals surface area contributed by atoms with Crippen LogP contribution in [0, 0.1) is 5.41 Å². The molecule has 0 bridgehead atoms. The SMILES string of the molecule is CC(C)(C)C1COC(C2CCCN2)=N1. The van der Waals surface area contributed by atoms with Gasteiger partial charge in [-0.1, -0.05) is 20.8 Å². The van der Waals surface area contributed by atoms with Crippen LogP contribution in [0.4, 0.5) is 0 Å². The Bertz CT molecular complexity index is 236.